The fourth-order valence-electron chi connectivity index (χ4n) is 5.37. The third-order valence-electron chi connectivity index (χ3n) is 7.39. The van der Waals surface area contributed by atoms with Gasteiger partial charge in [0.15, 0.2) is 0 Å². The smallest absolute Gasteiger partial charge is 0.309 e. The molecule has 0 aromatic heterocycles. The summed E-state index contributed by atoms with van der Waals surface area (Å²) in [4.78, 5) is 14.4. The third kappa shape index (κ3) is 7.68. The lowest BCUT2D eigenvalue weighted by atomic mass is 9.88. The number of carbonyl (C=O) groups excluding carboxylic acids is 1. The first-order chi connectivity index (χ1) is 17.0. The van der Waals surface area contributed by atoms with Gasteiger partial charge in [-0.05, 0) is 105 Å². The largest absolute Gasteiger partial charge is 0.490 e. The number of benzene rings is 2. The molecule has 0 spiro atoms. The lowest BCUT2D eigenvalue weighted by molar-refractivity contribution is -0.149. The predicted octanol–water partition coefficient (Wildman–Crippen LogP) is 6.23. The third-order valence-corrected chi connectivity index (χ3v) is 7.39. The summed E-state index contributed by atoms with van der Waals surface area (Å²) >= 11 is 0. The van der Waals surface area contributed by atoms with E-state index in [0.29, 0.717) is 24.5 Å². The Morgan fingerprint density at radius 1 is 0.971 bits per heavy atom. The number of piperidine rings is 1. The molecule has 1 aliphatic heterocycles. The van der Waals surface area contributed by atoms with Crippen molar-refractivity contribution in [2.24, 2.45) is 17.8 Å². The molecule has 2 aromatic carbocycles. The van der Waals surface area contributed by atoms with Gasteiger partial charge in [-0.1, -0.05) is 32.0 Å². The zero-order chi connectivity index (χ0) is 24.6. The molecule has 0 N–H and O–H groups in total. The van der Waals surface area contributed by atoms with Gasteiger partial charge in [0, 0.05) is 19.8 Å². The summed E-state index contributed by atoms with van der Waals surface area (Å²) in [6.45, 7) is 11.3. The highest BCUT2D eigenvalue weighted by atomic mass is 16.5. The van der Waals surface area contributed by atoms with Crippen molar-refractivity contribution >= 4 is 16.7 Å². The molecule has 0 unspecified atom stereocenters. The highest BCUT2D eigenvalue weighted by Crippen LogP contribution is 2.30. The van der Waals surface area contributed by atoms with Gasteiger partial charge in [0.2, 0.25) is 0 Å². The van der Waals surface area contributed by atoms with Gasteiger partial charge in [-0.2, -0.15) is 0 Å². The Kier molecular flexibility index (Phi) is 9.45. The Morgan fingerprint density at radius 3 is 2.40 bits per heavy atom. The molecule has 5 nitrogen and oxygen atoms in total. The van der Waals surface area contributed by atoms with Crippen LogP contribution >= 0.6 is 0 Å². The molecule has 35 heavy (non-hydrogen) atoms. The van der Waals surface area contributed by atoms with Crippen molar-refractivity contribution < 1.29 is 19.0 Å². The number of hydrogen-bond acceptors (Lipinski definition) is 5. The first kappa shape index (κ1) is 26.0. The number of fused-ring (bicyclic) bond motifs is 1. The van der Waals surface area contributed by atoms with Crippen LogP contribution in [-0.2, 0) is 20.8 Å². The van der Waals surface area contributed by atoms with Crippen LogP contribution < -0.4 is 4.74 Å². The van der Waals surface area contributed by atoms with Gasteiger partial charge >= 0.3 is 5.97 Å². The summed E-state index contributed by atoms with van der Waals surface area (Å²) in [6.07, 6.45) is 6.69. The quantitative estimate of drug-likeness (QED) is 0.377. The second-order valence-corrected chi connectivity index (χ2v) is 10.8. The van der Waals surface area contributed by atoms with Crippen molar-refractivity contribution in [1.82, 2.24) is 4.90 Å². The molecule has 4 rings (SSSR count). The number of esters is 1. The highest BCUT2D eigenvalue weighted by molar-refractivity contribution is 5.84. The van der Waals surface area contributed by atoms with E-state index in [4.69, 9.17) is 14.2 Å². The number of likely N-dealkylation sites (tertiary alicyclic amines) is 1. The van der Waals surface area contributed by atoms with Crippen LogP contribution in [0.4, 0.5) is 0 Å². The minimum absolute atomic E-state index is 0.0282. The fraction of sp³-hybridized carbons (Fsp3) is 0.633. The average molecular weight is 482 g/mol. The van der Waals surface area contributed by atoms with E-state index >= 15 is 0 Å². The molecule has 1 saturated carbocycles. The maximum atomic E-state index is 12.0. The zero-order valence-electron chi connectivity index (χ0n) is 21.8. The van der Waals surface area contributed by atoms with Gasteiger partial charge in [0.05, 0.1) is 18.6 Å². The molecule has 0 atom stereocenters. The SMILES string of the molecule is CCOC(=O)C1CCN(Cc2ccc3cc(O[C@H]4CC[C@H](COCC(C)C)CC4)ccc3c2)CC1. The van der Waals surface area contributed by atoms with E-state index in [1.165, 1.54) is 29.2 Å². The van der Waals surface area contributed by atoms with Gasteiger partial charge in [-0.3, -0.25) is 9.69 Å². The van der Waals surface area contributed by atoms with E-state index in [9.17, 15) is 4.79 Å². The lowest BCUT2D eigenvalue weighted by Gasteiger charge is -2.30. The Morgan fingerprint density at radius 2 is 1.69 bits per heavy atom. The number of carbonyl (C=O) groups is 1. The van der Waals surface area contributed by atoms with Crippen LogP contribution in [-0.4, -0.2) is 49.9 Å². The molecule has 1 aliphatic carbocycles. The monoisotopic (exact) mass is 481 g/mol. The van der Waals surface area contributed by atoms with E-state index in [-0.39, 0.29) is 11.9 Å². The van der Waals surface area contributed by atoms with Gasteiger partial charge in [0.1, 0.15) is 5.75 Å². The van der Waals surface area contributed by atoms with Crippen molar-refractivity contribution in [2.45, 2.75) is 71.9 Å². The second kappa shape index (κ2) is 12.7. The minimum atomic E-state index is -0.0282. The lowest BCUT2D eigenvalue weighted by Crippen LogP contribution is -2.36. The van der Waals surface area contributed by atoms with Crippen LogP contribution in [0.25, 0.3) is 10.8 Å². The normalized spacial score (nSPS) is 21.9. The molecule has 1 heterocycles. The Bertz CT molecular complexity index is 943. The number of ether oxygens (including phenoxy) is 3. The maximum Gasteiger partial charge on any atom is 0.309 e. The van der Waals surface area contributed by atoms with Crippen LogP contribution in [0.15, 0.2) is 36.4 Å². The number of hydrogen-bond donors (Lipinski definition) is 0. The van der Waals surface area contributed by atoms with Gasteiger partial charge < -0.3 is 14.2 Å². The fourth-order valence-corrected chi connectivity index (χ4v) is 5.37. The second-order valence-electron chi connectivity index (χ2n) is 10.8. The number of rotatable bonds is 10. The molecular weight excluding hydrogens is 438 g/mol. The molecule has 192 valence electrons. The summed E-state index contributed by atoms with van der Waals surface area (Å²) in [5, 5.41) is 2.48. The van der Waals surface area contributed by atoms with E-state index < -0.39 is 0 Å². The standard InChI is InChI=1S/C30H43NO4/c1-4-34-30(32)25-13-15-31(16-14-25)19-24-5-8-27-18-29(12-9-26(27)17-24)35-28-10-6-23(7-11-28)21-33-20-22(2)3/h5,8-9,12,17-18,22-23,25,28H,4,6-7,10-11,13-16,19-21H2,1-3H3/t23-,28-. The van der Waals surface area contributed by atoms with Gasteiger partial charge in [-0.25, -0.2) is 0 Å². The molecule has 5 heteroatoms. The summed E-state index contributed by atoms with van der Waals surface area (Å²) in [7, 11) is 0. The Labute approximate surface area is 211 Å². The van der Waals surface area contributed by atoms with E-state index in [1.54, 1.807) is 0 Å². The van der Waals surface area contributed by atoms with Crippen molar-refractivity contribution in [3.8, 4) is 5.75 Å². The highest BCUT2D eigenvalue weighted by Gasteiger charge is 2.26. The molecule has 2 aliphatic rings. The maximum absolute atomic E-state index is 12.0. The van der Waals surface area contributed by atoms with Crippen molar-refractivity contribution in [3.05, 3.63) is 42.0 Å². The van der Waals surface area contributed by atoms with Crippen LogP contribution in [0.3, 0.4) is 0 Å². The van der Waals surface area contributed by atoms with Gasteiger partial charge in [0.25, 0.3) is 0 Å². The molecule has 2 aromatic rings. The molecule has 0 bridgehead atoms. The van der Waals surface area contributed by atoms with E-state index in [1.807, 2.05) is 6.92 Å². The van der Waals surface area contributed by atoms with E-state index in [0.717, 1.165) is 64.3 Å². The summed E-state index contributed by atoms with van der Waals surface area (Å²) in [6, 6.07) is 13.2. The predicted molar refractivity (Wildman–Crippen MR) is 141 cm³/mol. The van der Waals surface area contributed by atoms with E-state index in [2.05, 4.69) is 55.1 Å². The molecular formula is C30H43NO4. The van der Waals surface area contributed by atoms with Crippen LogP contribution in [0, 0.1) is 17.8 Å². The Hall–Kier alpha value is -2.11. The van der Waals surface area contributed by atoms with Crippen molar-refractivity contribution in [3.63, 3.8) is 0 Å². The molecule has 0 radical (unpaired) electrons. The van der Waals surface area contributed by atoms with Gasteiger partial charge in [-0.15, -0.1) is 0 Å². The van der Waals surface area contributed by atoms with Crippen LogP contribution in [0.2, 0.25) is 0 Å². The molecule has 1 saturated heterocycles. The first-order valence-electron chi connectivity index (χ1n) is 13.7. The molecule has 2 fully saturated rings. The molecule has 0 amide bonds. The average Bonchev–Trinajstić information content (AvgIpc) is 2.85. The number of nitrogens with zero attached hydrogens (tertiary/aromatic N) is 1. The minimum Gasteiger partial charge on any atom is -0.490 e. The summed E-state index contributed by atoms with van der Waals surface area (Å²) in [5.74, 6) is 2.30. The van der Waals surface area contributed by atoms with Crippen molar-refractivity contribution in [2.75, 3.05) is 32.9 Å². The van der Waals surface area contributed by atoms with Crippen LogP contribution in [0.1, 0.15) is 64.9 Å². The topological polar surface area (TPSA) is 48.0 Å². The summed E-state index contributed by atoms with van der Waals surface area (Å²) < 4.78 is 17.4. The zero-order valence-corrected chi connectivity index (χ0v) is 21.8. The first-order valence-corrected chi connectivity index (χ1v) is 13.7. The Balaban J connectivity index is 1.25. The van der Waals surface area contributed by atoms with Crippen LogP contribution in [0.5, 0.6) is 5.75 Å². The summed E-state index contributed by atoms with van der Waals surface area (Å²) in [5.41, 5.74) is 1.32. The van der Waals surface area contributed by atoms with Crippen molar-refractivity contribution in [1.29, 1.82) is 0 Å².